The van der Waals surface area contributed by atoms with Crippen LogP contribution in [0.1, 0.15) is 86.0 Å². The molecule has 0 heteroatoms. The van der Waals surface area contributed by atoms with Crippen LogP contribution < -0.4 is 0 Å². The van der Waals surface area contributed by atoms with Crippen LogP contribution in [0.25, 0.3) is 0 Å². The summed E-state index contributed by atoms with van der Waals surface area (Å²) in [7, 11) is 0. The number of allylic oxidation sites excluding steroid dienone is 5. The molecule has 0 aromatic heterocycles. The lowest BCUT2D eigenvalue weighted by atomic mass is 9.81. The second kappa shape index (κ2) is 12.4. The minimum atomic E-state index is 0.874. The molecule has 0 saturated heterocycles. The fraction of sp³-hybridized carbons (Fsp3) is 0.652. The predicted molar refractivity (Wildman–Crippen MR) is 108 cm³/mol. The van der Waals surface area contributed by atoms with E-state index in [1.54, 1.807) is 5.57 Å². The largest absolute Gasteiger partial charge is 0.100 e. The van der Waals surface area contributed by atoms with Crippen LogP contribution in [0.3, 0.4) is 0 Å². The van der Waals surface area contributed by atoms with Gasteiger partial charge in [-0.05, 0) is 83.6 Å². The van der Waals surface area contributed by atoms with Crippen molar-refractivity contribution >= 4 is 0 Å². The van der Waals surface area contributed by atoms with Gasteiger partial charge in [-0.15, -0.1) is 6.58 Å². The quantitative estimate of drug-likeness (QED) is 0.343. The molecule has 0 aromatic rings. The summed E-state index contributed by atoms with van der Waals surface area (Å²) in [6.45, 7) is 22.0. The smallest absolute Gasteiger partial charge is 0.0162 e. The number of unbranched alkanes of at least 4 members (excludes halogenated alkanes) is 1. The van der Waals surface area contributed by atoms with Crippen molar-refractivity contribution < 1.29 is 0 Å². The molecule has 0 unspecified atom stereocenters. The van der Waals surface area contributed by atoms with E-state index in [1.165, 1.54) is 68.1 Å². The third-order valence-corrected chi connectivity index (χ3v) is 4.37. The van der Waals surface area contributed by atoms with Crippen LogP contribution in [-0.2, 0) is 0 Å². The Morgan fingerprint density at radius 3 is 1.70 bits per heavy atom. The molecule has 0 nitrogen and oxygen atoms in total. The first kappa shape index (κ1) is 22.0. The monoisotopic (exact) mass is 316 g/mol. The Kier molecular flexibility index (Phi) is 11.8. The minimum Gasteiger partial charge on any atom is -0.100 e. The van der Waals surface area contributed by atoms with Crippen molar-refractivity contribution in [2.45, 2.75) is 86.0 Å². The molecule has 0 aliphatic heterocycles. The standard InChI is InChI=1S/C12H20.C7H12.C4H8/c1-4-6-7-10(3)12(5-2)11-8-9-11;1-6(2)7-4-3-5-7;1-4(2)3/h5,11H,3-4,6-9H2,1-2H3;7H,1,3-5H2,2H3;1H2,2-3H3/b12-5+;;. The molecular formula is C23H40. The highest BCUT2D eigenvalue weighted by Crippen LogP contribution is 2.40. The van der Waals surface area contributed by atoms with Crippen LogP contribution in [-0.4, -0.2) is 0 Å². The van der Waals surface area contributed by atoms with Crippen LogP contribution in [0, 0.1) is 11.8 Å². The van der Waals surface area contributed by atoms with Gasteiger partial charge in [0.2, 0.25) is 0 Å². The Bertz CT molecular complexity index is 396. The Hall–Kier alpha value is -1.04. The maximum Gasteiger partial charge on any atom is -0.0162 e. The number of rotatable bonds is 6. The maximum absolute atomic E-state index is 4.16. The van der Waals surface area contributed by atoms with Crippen molar-refractivity contribution in [3.05, 3.63) is 48.1 Å². The lowest BCUT2D eigenvalue weighted by molar-refractivity contribution is 0.369. The summed E-state index contributed by atoms with van der Waals surface area (Å²) in [6, 6.07) is 0. The highest BCUT2D eigenvalue weighted by molar-refractivity contribution is 5.32. The fourth-order valence-electron chi connectivity index (χ4n) is 2.56. The van der Waals surface area contributed by atoms with Crippen LogP contribution in [0.2, 0.25) is 0 Å². The van der Waals surface area contributed by atoms with Gasteiger partial charge in [0.1, 0.15) is 0 Å². The van der Waals surface area contributed by atoms with E-state index in [2.05, 4.69) is 46.6 Å². The van der Waals surface area contributed by atoms with E-state index in [0.29, 0.717) is 0 Å². The van der Waals surface area contributed by atoms with Crippen molar-refractivity contribution in [3.63, 3.8) is 0 Å². The third-order valence-electron chi connectivity index (χ3n) is 4.37. The van der Waals surface area contributed by atoms with Crippen LogP contribution >= 0.6 is 0 Å². The van der Waals surface area contributed by atoms with Crippen LogP contribution in [0.15, 0.2) is 48.1 Å². The summed E-state index contributed by atoms with van der Waals surface area (Å²) in [4.78, 5) is 0. The molecule has 2 rings (SSSR count). The zero-order valence-electron chi connectivity index (χ0n) is 16.5. The molecule has 0 radical (unpaired) electrons. The first-order valence-corrected chi connectivity index (χ1v) is 9.45. The van der Waals surface area contributed by atoms with Gasteiger partial charge in [0.25, 0.3) is 0 Å². The van der Waals surface area contributed by atoms with E-state index < -0.39 is 0 Å². The topological polar surface area (TPSA) is 0 Å². The van der Waals surface area contributed by atoms with Gasteiger partial charge in [0, 0.05) is 0 Å². The predicted octanol–water partition coefficient (Wildman–Crippen LogP) is 8.03. The minimum absolute atomic E-state index is 0.874. The molecule has 0 heterocycles. The zero-order valence-corrected chi connectivity index (χ0v) is 16.5. The van der Waals surface area contributed by atoms with E-state index in [4.69, 9.17) is 0 Å². The van der Waals surface area contributed by atoms with Gasteiger partial charge < -0.3 is 0 Å². The molecule has 2 aliphatic carbocycles. The summed E-state index contributed by atoms with van der Waals surface area (Å²) in [5.74, 6) is 1.76. The van der Waals surface area contributed by atoms with Crippen molar-refractivity contribution in [1.82, 2.24) is 0 Å². The van der Waals surface area contributed by atoms with E-state index >= 15 is 0 Å². The molecule has 0 bridgehead atoms. The summed E-state index contributed by atoms with van der Waals surface area (Å²) >= 11 is 0. The molecule has 0 amide bonds. The summed E-state index contributed by atoms with van der Waals surface area (Å²) in [6.07, 6.45) is 13.0. The molecule has 132 valence electrons. The van der Waals surface area contributed by atoms with Crippen molar-refractivity contribution in [2.24, 2.45) is 11.8 Å². The van der Waals surface area contributed by atoms with E-state index in [0.717, 1.165) is 11.8 Å². The molecule has 2 aliphatic rings. The number of hydrogen-bond donors (Lipinski definition) is 0. The first-order valence-electron chi connectivity index (χ1n) is 9.45. The van der Waals surface area contributed by atoms with Crippen LogP contribution in [0.4, 0.5) is 0 Å². The molecular weight excluding hydrogens is 276 g/mol. The first-order chi connectivity index (χ1) is 10.8. The van der Waals surface area contributed by atoms with Crippen molar-refractivity contribution in [2.75, 3.05) is 0 Å². The Labute approximate surface area is 146 Å². The Morgan fingerprint density at radius 1 is 0.957 bits per heavy atom. The molecule has 2 fully saturated rings. The average molecular weight is 317 g/mol. The summed E-state index contributed by atoms with van der Waals surface area (Å²) < 4.78 is 0. The second-order valence-electron chi connectivity index (χ2n) is 7.41. The van der Waals surface area contributed by atoms with Crippen molar-refractivity contribution in [3.8, 4) is 0 Å². The number of hydrogen-bond acceptors (Lipinski definition) is 0. The van der Waals surface area contributed by atoms with Gasteiger partial charge in [-0.2, -0.15) is 0 Å². The molecule has 0 N–H and O–H groups in total. The molecule has 2 saturated carbocycles. The molecule has 0 atom stereocenters. The van der Waals surface area contributed by atoms with Crippen LogP contribution in [0.5, 0.6) is 0 Å². The highest BCUT2D eigenvalue weighted by atomic mass is 14.3. The van der Waals surface area contributed by atoms with E-state index in [-0.39, 0.29) is 0 Å². The maximum atomic E-state index is 4.16. The normalized spacial score (nSPS) is 17.0. The zero-order chi connectivity index (χ0) is 17.8. The van der Waals surface area contributed by atoms with Gasteiger partial charge in [0.05, 0.1) is 0 Å². The van der Waals surface area contributed by atoms with Gasteiger partial charge in [-0.3, -0.25) is 0 Å². The third kappa shape index (κ3) is 11.2. The fourth-order valence-corrected chi connectivity index (χ4v) is 2.56. The Morgan fingerprint density at radius 2 is 1.48 bits per heavy atom. The Balaban J connectivity index is 0.000000371. The molecule has 0 aromatic carbocycles. The molecule has 23 heavy (non-hydrogen) atoms. The van der Waals surface area contributed by atoms with E-state index in [9.17, 15) is 0 Å². The van der Waals surface area contributed by atoms with Gasteiger partial charge >= 0.3 is 0 Å². The van der Waals surface area contributed by atoms with Gasteiger partial charge in [0.15, 0.2) is 0 Å². The van der Waals surface area contributed by atoms with Gasteiger partial charge in [-0.25, -0.2) is 0 Å². The summed E-state index contributed by atoms with van der Waals surface area (Å²) in [5.41, 5.74) is 5.48. The summed E-state index contributed by atoms with van der Waals surface area (Å²) in [5, 5.41) is 0. The molecule has 0 spiro atoms. The lowest BCUT2D eigenvalue weighted by Crippen LogP contribution is -2.10. The second-order valence-corrected chi connectivity index (χ2v) is 7.41. The lowest BCUT2D eigenvalue weighted by Gasteiger charge is -2.25. The average Bonchev–Trinajstić information content (AvgIpc) is 3.19. The SMILES string of the molecule is C=C(C)C.C=C(C)C1CCC1.C=C(CCCC)/C(=C\C)C1CC1. The van der Waals surface area contributed by atoms with Gasteiger partial charge in [-0.1, -0.05) is 55.7 Å². The van der Waals surface area contributed by atoms with E-state index in [1.807, 2.05) is 13.8 Å². The van der Waals surface area contributed by atoms with Crippen molar-refractivity contribution in [1.29, 1.82) is 0 Å². The highest BCUT2D eigenvalue weighted by Gasteiger charge is 2.26.